The zero-order chi connectivity index (χ0) is 29.8. The fourth-order valence-electron chi connectivity index (χ4n) is 10.7. The van der Waals surface area contributed by atoms with Gasteiger partial charge in [0.25, 0.3) is 0 Å². The second-order valence-electron chi connectivity index (χ2n) is 14.3. The number of aliphatic hydroxyl groups is 2. The molecule has 2 aliphatic heterocycles. The average Bonchev–Trinajstić information content (AvgIpc) is 3.61. The summed E-state index contributed by atoms with van der Waals surface area (Å²) in [5.41, 5.74) is 0.741. The number of aliphatic hydroxyl groups excluding tert-OH is 2. The first-order valence-electron chi connectivity index (χ1n) is 15.6. The third-order valence-corrected chi connectivity index (χ3v) is 12.9. The molecule has 0 aromatic carbocycles. The lowest BCUT2D eigenvalue weighted by atomic mass is 9.43. The molecule has 226 valence electrons. The van der Waals surface area contributed by atoms with Crippen molar-refractivity contribution in [2.75, 3.05) is 13.7 Å². The van der Waals surface area contributed by atoms with Crippen molar-refractivity contribution < 1.29 is 34.0 Å². The zero-order valence-electron chi connectivity index (χ0n) is 25.3. The Morgan fingerprint density at radius 3 is 2.62 bits per heavy atom. The molecule has 7 rings (SSSR count). The Morgan fingerprint density at radius 1 is 1.17 bits per heavy atom. The smallest absolute Gasteiger partial charge is 0.336 e. The average molecular weight is 578 g/mol. The molecule has 1 aromatic rings. The number of aromatic nitrogens is 1. The maximum absolute atomic E-state index is 14.5. The number of Topliss-reactive ketones (excluding diaryl/α,β-unsaturated/α-hetero) is 1. The van der Waals surface area contributed by atoms with E-state index in [1.807, 2.05) is 6.92 Å². The van der Waals surface area contributed by atoms with Crippen molar-refractivity contribution in [2.45, 2.75) is 90.1 Å². The molecule has 11 atom stereocenters. The number of cyclic esters (lactones) is 1. The summed E-state index contributed by atoms with van der Waals surface area (Å²) in [6, 6.07) is 3.59. The molecule has 3 saturated carbocycles. The van der Waals surface area contributed by atoms with Crippen LogP contribution in [0.4, 0.5) is 0 Å². The van der Waals surface area contributed by atoms with Gasteiger partial charge in [0.05, 0.1) is 42.7 Å². The van der Waals surface area contributed by atoms with Crippen LogP contribution in [0, 0.1) is 40.4 Å². The topological polar surface area (TPSA) is 118 Å². The Hall–Kier alpha value is -2.55. The summed E-state index contributed by atoms with van der Waals surface area (Å²) in [6.45, 7) is 8.37. The quantitative estimate of drug-likeness (QED) is 0.393. The van der Waals surface area contributed by atoms with E-state index < -0.39 is 17.1 Å². The third kappa shape index (κ3) is 3.55. The Morgan fingerprint density at radius 2 is 1.95 bits per heavy atom. The SMILES string of the molecule is COc1ccc(C2=C[C@H](O)[C@@]34O[C@@H]3C[C@H]3[C@@H]5CC[C@H]([C@H](C)[C@H]6CC(C)=C(CO)C(=O)O6)[C@@]5(C)CC[C@@H]3[C@@]4(C)C2=O)nc1. The minimum absolute atomic E-state index is 0.0326. The van der Waals surface area contributed by atoms with E-state index in [-0.39, 0.29) is 47.8 Å². The number of ether oxygens (including phenoxy) is 3. The van der Waals surface area contributed by atoms with E-state index in [2.05, 4.69) is 25.8 Å². The number of hydrogen-bond donors (Lipinski definition) is 2. The molecular weight excluding hydrogens is 534 g/mol. The molecule has 0 unspecified atom stereocenters. The number of ketones is 1. The number of methoxy groups -OCH3 is 1. The number of rotatable bonds is 5. The van der Waals surface area contributed by atoms with Crippen LogP contribution >= 0.6 is 0 Å². The van der Waals surface area contributed by atoms with E-state index >= 15 is 0 Å². The van der Waals surface area contributed by atoms with Gasteiger partial charge in [0.1, 0.15) is 23.6 Å². The van der Waals surface area contributed by atoms with E-state index in [9.17, 15) is 19.8 Å². The standard InChI is InChI=1S/C34H43NO7/c1-17-12-27(41-31(39)22(17)16-36)18(2)23-7-8-24-20-14-29-34(42-29)28(37)13-21(26-9-6-19(40-5)15-35-26)30(38)33(34,4)25(20)10-11-32(23,24)3/h6,9,13,15,18,20,23-25,27-29,36-37H,7-8,10-12,14,16H2,1-5H3/t18-,20-,23+,24-,25-,27+,28-,29+,32+,33-,34+/m0/s1. The van der Waals surface area contributed by atoms with Crippen molar-refractivity contribution in [3.63, 3.8) is 0 Å². The van der Waals surface area contributed by atoms with Crippen LogP contribution in [0.2, 0.25) is 0 Å². The normalized spacial score (nSPS) is 44.7. The van der Waals surface area contributed by atoms with E-state index in [0.29, 0.717) is 46.8 Å². The van der Waals surface area contributed by atoms with Gasteiger partial charge in [-0.25, -0.2) is 4.79 Å². The van der Waals surface area contributed by atoms with E-state index in [4.69, 9.17) is 14.2 Å². The Bertz CT molecular complexity index is 1380. The van der Waals surface area contributed by atoms with Crippen LogP contribution in [0.5, 0.6) is 5.75 Å². The van der Waals surface area contributed by atoms with E-state index in [1.54, 1.807) is 31.5 Å². The number of esters is 1. The maximum atomic E-state index is 14.5. The van der Waals surface area contributed by atoms with Crippen LogP contribution in [-0.2, 0) is 19.1 Å². The van der Waals surface area contributed by atoms with E-state index in [1.165, 1.54) is 0 Å². The highest BCUT2D eigenvalue weighted by Gasteiger charge is 2.81. The van der Waals surface area contributed by atoms with Gasteiger partial charge in [-0.1, -0.05) is 19.4 Å². The molecule has 8 nitrogen and oxygen atoms in total. The van der Waals surface area contributed by atoms with Gasteiger partial charge in [-0.15, -0.1) is 0 Å². The number of nitrogens with zero attached hydrogens (tertiary/aromatic N) is 1. The van der Waals surface area contributed by atoms with Crippen molar-refractivity contribution in [2.24, 2.45) is 40.4 Å². The Kier molecular flexibility index (Phi) is 6.37. The number of allylic oxidation sites excluding steroid dienone is 1. The third-order valence-electron chi connectivity index (χ3n) is 12.9. The number of carbonyl (C=O) groups excluding carboxylic acids is 2. The molecule has 4 aliphatic carbocycles. The van der Waals surface area contributed by atoms with Crippen LogP contribution < -0.4 is 4.74 Å². The number of epoxide rings is 1. The molecule has 6 aliphatic rings. The molecular formula is C34H43NO7. The number of fused-ring (bicyclic) bond motifs is 4. The summed E-state index contributed by atoms with van der Waals surface area (Å²) >= 11 is 0. The summed E-state index contributed by atoms with van der Waals surface area (Å²) in [5, 5.41) is 21.1. The predicted molar refractivity (Wildman–Crippen MR) is 154 cm³/mol. The molecule has 3 heterocycles. The monoisotopic (exact) mass is 577 g/mol. The van der Waals surface area contributed by atoms with Crippen LogP contribution in [0.1, 0.15) is 71.9 Å². The fourth-order valence-corrected chi connectivity index (χ4v) is 10.7. The first-order valence-corrected chi connectivity index (χ1v) is 15.6. The van der Waals surface area contributed by atoms with Crippen LogP contribution in [0.3, 0.4) is 0 Å². The molecule has 42 heavy (non-hydrogen) atoms. The first-order chi connectivity index (χ1) is 20.0. The summed E-state index contributed by atoms with van der Waals surface area (Å²) in [4.78, 5) is 31.7. The lowest BCUT2D eigenvalue weighted by molar-refractivity contribution is -0.155. The van der Waals surface area contributed by atoms with Gasteiger partial charge in [-0.05, 0) is 99.2 Å². The van der Waals surface area contributed by atoms with Gasteiger partial charge in [0.2, 0.25) is 0 Å². The highest BCUT2D eigenvalue weighted by molar-refractivity contribution is 6.24. The van der Waals surface area contributed by atoms with Crippen LogP contribution in [0.15, 0.2) is 35.6 Å². The van der Waals surface area contributed by atoms with Gasteiger partial charge in [-0.2, -0.15) is 0 Å². The molecule has 1 aromatic heterocycles. The predicted octanol–water partition coefficient (Wildman–Crippen LogP) is 4.28. The summed E-state index contributed by atoms with van der Waals surface area (Å²) < 4.78 is 17.6. The van der Waals surface area contributed by atoms with Gasteiger partial charge in [0, 0.05) is 12.0 Å². The summed E-state index contributed by atoms with van der Waals surface area (Å²) in [7, 11) is 1.58. The first kappa shape index (κ1) is 28.2. The van der Waals surface area contributed by atoms with Gasteiger partial charge >= 0.3 is 5.97 Å². The van der Waals surface area contributed by atoms with Crippen LogP contribution in [0.25, 0.3) is 5.57 Å². The lowest BCUT2D eigenvalue weighted by Crippen LogP contribution is -2.64. The summed E-state index contributed by atoms with van der Waals surface area (Å²) in [5.74, 6) is 1.73. The largest absolute Gasteiger partial charge is 0.495 e. The molecule has 0 radical (unpaired) electrons. The number of carbonyl (C=O) groups is 2. The van der Waals surface area contributed by atoms with E-state index in [0.717, 1.165) is 37.7 Å². The maximum Gasteiger partial charge on any atom is 0.336 e. The molecule has 8 heteroatoms. The van der Waals surface area contributed by atoms with Crippen molar-refractivity contribution in [1.82, 2.24) is 4.98 Å². The molecule has 4 fully saturated rings. The highest BCUT2D eigenvalue weighted by atomic mass is 16.6. The van der Waals surface area contributed by atoms with Crippen molar-refractivity contribution in [3.8, 4) is 5.75 Å². The van der Waals surface area contributed by atoms with Crippen LogP contribution in [-0.4, -0.2) is 64.6 Å². The molecule has 2 N–H and O–H groups in total. The molecule has 1 saturated heterocycles. The zero-order valence-corrected chi connectivity index (χ0v) is 25.3. The fraction of sp³-hybridized carbons (Fsp3) is 0.676. The van der Waals surface area contributed by atoms with Crippen molar-refractivity contribution >= 4 is 17.3 Å². The van der Waals surface area contributed by atoms with Gasteiger partial charge in [0.15, 0.2) is 5.78 Å². The molecule has 0 bridgehead atoms. The summed E-state index contributed by atoms with van der Waals surface area (Å²) in [6.07, 6.45) is 7.68. The van der Waals surface area contributed by atoms with Crippen molar-refractivity contribution in [3.05, 3.63) is 41.2 Å². The minimum Gasteiger partial charge on any atom is -0.495 e. The van der Waals surface area contributed by atoms with Gasteiger partial charge in [-0.3, -0.25) is 9.78 Å². The molecule has 0 amide bonds. The molecule has 1 spiro atoms. The number of hydrogen-bond acceptors (Lipinski definition) is 8. The Balaban J connectivity index is 1.18. The minimum atomic E-state index is -0.865. The number of pyridine rings is 1. The highest BCUT2D eigenvalue weighted by Crippen LogP contribution is 2.73. The second kappa shape index (κ2) is 9.47. The lowest BCUT2D eigenvalue weighted by Gasteiger charge is -2.58. The van der Waals surface area contributed by atoms with Crippen molar-refractivity contribution in [1.29, 1.82) is 0 Å². The van der Waals surface area contributed by atoms with Gasteiger partial charge < -0.3 is 24.4 Å². The Labute approximate surface area is 247 Å². The second-order valence-corrected chi connectivity index (χ2v) is 14.3.